The van der Waals surface area contributed by atoms with Gasteiger partial charge in [-0.25, -0.2) is 0 Å². The fraction of sp³-hybridized carbons (Fsp3) is 0.533. The zero-order valence-corrected chi connectivity index (χ0v) is 11.9. The van der Waals surface area contributed by atoms with Gasteiger partial charge in [-0.1, -0.05) is 6.42 Å². The summed E-state index contributed by atoms with van der Waals surface area (Å²) in [5, 5.41) is 3.02. The minimum atomic E-state index is -0.347. The third-order valence-electron chi connectivity index (χ3n) is 4.17. The van der Waals surface area contributed by atoms with Gasteiger partial charge in [-0.3, -0.25) is 4.79 Å². The van der Waals surface area contributed by atoms with E-state index in [4.69, 9.17) is 10.5 Å². The molecule has 0 radical (unpaired) electrons. The zero-order valence-electron chi connectivity index (χ0n) is 11.9. The number of aryl methyl sites for hydroxylation is 2. The molecule has 4 nitrogen and oxygen atoms in total. The summed E-state index contributed by atoms with van der Waals surface area (Å²) in [6, 6.07) is 3.90. The Morgan fingerprint density at radius 1 is 1.37 bits per heavy atom. The fourth-order valence-electron chi connectivity index (χ4n) is 2.53. The summed E-state index contributed by atoms with van der Waals surface area (Å²) in [7, 11) is 1.65. The predicted molar refractivity (Wildman–Crippen MR) is 76.4 cm³/mol. The molecule has 1 aliphatic rings. The van der Waals surface area contributed by atoms with Gasteiger partial charge >= 0.3 is 0 Å². The van der Waals surface area contributed by atoms with Crippen LogP contribution < -0.4 is 15.8 Å². The van der Waals surface area contributed by atoms with Crippen LogP contribution >= 0.6 is 0 Å². The fourth-order valence-corrected chi connectivity index (χ4v) is 2.53. The Labute approximate surface area is 114 Å². The summed E-state index contributed by atoms with van der Waals surface area (Å²) in [4.78, 5) is 12.3. The smallest absolute Gasteiger partial charge is 0.231 e. The van der Waals surface area contributed by atoms with E-state index in [0.717, 1.165) is 41.8 Å². The summed E-state index contributed by atoms with van der Waals surface area (Å²) in [5.41, 5.74) is 8.27. The topological polar surface area (TPSA) is 64.3 Å². The first-order valence-electron chi connectivity index (χ1n) is 6.69. The minimum Gasteiger partial charge on any atom is -0.496 e. The number of hydrogen-bond acceptors (Lipinski definition) is 3. The van der Waals surface area contributed by atoms with Crippen molar-refractivity contribution in [3.05, 3.63) is 23.3 Å². The number of ether oxygens (including phenoxy) is 1. The summed E-state index contributed by atoms with van der Waals surface area (Å²) in [6.07, 6.45) is 2.87. The second-order valence-corrected chi connectivity index (χ2v) is 5.43. The molecule has 0 heterocycles. The molecule has 1 aliphatic carbocycles. The van der Waals surface area contributed by atoms with Gasteiger partial charge in [0, 0.05) is 12.2 Å². The highest BCUT2D eigenvalue weighted by Gasteiger charge is 2.42. The molecule has 0 aliphatic heterocycles. The Bertz CT molecular complexity index is 488. The summed E-state index contributed by atoms with van der Waals surface area (Å²) < 4.78 is 5.27. The molecule has 0 unspecified atom stereocenters. The van der Waals surface area contributed by atoms with Crippen molar-refractivity contribution >= 4 is 11.6 Å². The van der Waals surface area contributed by atoms with E-state index in [1.165, 1.54) is 0 Å². The van der Waals surface area contributed by atoms with Crippen molar-refractivity contribution < 1.29 is 9.53 Å². The predicted octanol–water partition coefficient (Wildman–Crippen LogP) is 2.38. The molecule has 4 heteroatoms. The first kappa shape index (κ1) is 13.9. The molecule has 0 spiro atoms. The highest BCUT2D eigenvalue weighted by molar-refractivity contribution is 5.96. The number of carbonyl (C=O) groups is 1. The lowest BCUT2D eigenvalue weighted by molar-refractivity contribution is -0.129. The molecule has 1 aromatic rings. The third kappa shape index (κ3) is 2.45. The average Bonchev–Trinajstić information content (AvgIpc) is 2.32. The first-order valence-corrected chi connectivity index (χ1v) is 6.69. The third-order valence-corrected chi connectivity index (χ3v) is 4.17. The Morgan fingerprint density at radius 3 is 2.53 bits per heavy atom. The quantitative estimate of drug-likeness (QED) is 0.875. The van der Waals surface area contributed by atoms with Crippen molar-refractivity contribution in [3.63, 3.8) is 0 Å². The van der Waals surface area contributed by atoms with E-state index in [2.05, 4.69) is 5.32 Å². The van der Waals surface area contributed by atoms with Gasteiger partial charge in [0.05, 0.1) is 12.5 Å². The van der Waals surface area contributed by atoms with Gasteiger partial charge in [-0.2, -0.15) is 0 Å². The molecule has 0 saturated heterocycles. The number of methoxy groups -OCH3 is 1. The molecule has 19 heavy (non-hydrogen) atoms. The molecule has 2 rings (SSSR count). The van der Waals surface area contributed by atoms with Gasteiger partial charge in [0.2, 0.25) is 5.91 Å². The van der Waals surface area contributed by atoms with Gasteiger partial charge in [0.25, 0.3) is 0 Å². The van der Waals surface area contributed by atoms with Gasteiger partial charge in [-0.15, -0.1) is 0 Å². The monoisotopic (exact) mass is 262 g/mol. The van der Waals surface area contributed by atoms with Gasteiger partial charge in [0.1, 0.15) is 5.75 Å². The second kappa shape index (κ2) is 5.21. The van der Waals surface area contributed by atoms with Crippen LogP contribution in [0.1, 0.15) is 30.4 Å². The van der Waals surface area contributed by atoms with Gasteiger partial charge in [0.15, 0.2) is 0 Å². The molecule has 0 bridgehead atoms. The van der Waals surface area contributed by atoms with Crippen molar-refractivity contribution in [2.45, 2.75) is 33.1 Å². The van der Waals surface area contributed by atoms with Crippen LogP contribution in [-0.2, 0) is 4.79 Å². The highest BCUT2D eigenvalue weighted by Crippen LogP contribution is 2.41. The van der Waals surface area contributed by atoms with Crippen molar-refractivity contribution in [1.29, 1.82) is 0 Å². The van der Waals surface area contributed by atoms with Crippen LogP contribution in [0.2, 0.25) is 0 Å². The van der Waals surface area contributed by atoms with Crippen LogP contribution in [0.4, 0.5) is 5.69 Å². The number of nitrogens with one attached hydrogen (secondary N) is 1. The van der Waals surface area contributed by atoms with Crippen molar-refractivity contribution in [2.75, 3.05) is 19.0 Å². The van der Waals surface area contributed by atoms with Crippen LogP contribution in [0.3, 0.4) is 0 Å². The highest BCUT2D eigenvalue weighted by atomic mass is 16.5. The van der Waals surface area contributed by atoms with Crippen LogP contribution in [-0.4, -0.2) is 19.6 Å². The number of rotatable bonds is 4. The molecular weight excluding hydrogens is 240 g/mol. The Morgan fingerprint density at radius 2 is 2.05 bits per heavy atom. The lowest BCUT2D eigenvalue weighted by Crippen LogP contribution is -2.47. The summed E-state index contributed by atoms with van der Waals surface area (Å²) >= 11 is 0. The van der Waals surface area contributed by atoms with E-state index in [9.17, 15) is 4.79 Å². The molecule has 0 aromatic heterocycles. The lowest BCUT2D eigenvalue weighted by Gasteiger charge is -2.39. The molecule has 0 atom stereocenters. The second-order valence-electron chi connectivity index (χ2n) is 5.43. The molecule has 1 aromatic carbocycles. The van der Waals surface area contributed by atoms with Crippen molar-refractivity contribution in [1.82, 2.24) is 0 Å². The number of benzene rings is 1. The number of nitrogens with two attached hydrogens (primary N) is 1. The Kier molecular flexibility index (Phi) is 3.80. The number of amides is 1. The minimum absolute atomic E-state index is 0.0499. The SMILES string of the molecule is COc1cc(C)c(NC(=O)C2(CN)CCC2)cc1C. The average molecular weight is 262 g/mol. The largest absolute Gasteiger partial charge is 0.496 e. The molecule has 104 valence electrons. The summed E-state index contributed by atoms with van der Waals surface area (Å²) in [6.45, 7) is 4.36. The van der Waals surface area contributed by atoms with Crippen LogP contribution in [0, 0.1) is 19.3 Å². The maximum absolute atomic E-state index is 12.3. The Balaban J connectivity index is 2.19. The van der Waals surface area contributed by atoms with Gasteiger partial charge < -0.3 is 15.8 Å². The zero-order chi connectivity index (χ0) is 14.0. The number of carbonyl (C=O) groups excluding carboxylic acids is 1. The van der Waals surface area contributed by atoms with Crippen molar-refractivity contribution in [2.24, 2.45) is 11.1 Å². The maximum atomic E-state index is 12.3. The van der Waals surface area contributed by atoms with Crippen molar-refractivity contribution in [3.8, 4) is 5.75 Å². The van der Waals surface area contributed by atoms with E-state index in [1.807, 2.05) is 26.0 Å². The number of hydrogen-bond donors (Lipinski definition) is 2. The van der Waals surface area contributed by atoms with E-state index in [0.29, 0.717) is 6.54 Å². The lowest BCUT2D eigenvalue weighted by atomic mass is 9.68. The maximum Gasteiger partial charge on any atom is 0.231 e. The number of anilines is 1. The summed E-state index contributed by atoms with van der Waals surface area (Å²) in [5.74, 6) is 0.890. The normalized spacial score (nSPS) is 16.6. The molecule has 3 N–H and O–H groups in total. The van der Waals surface area contributed by atoms with E-state index >= 15 is 0 Å². The molecule has 1 fully saturated rings. The first-order chi connectivity index (χ1) is 9.02. The van der Waals surface area contributed by atoms with Crippen LogP contribution in [0.25, 0.3) is 0 Å². The van der Waals surface area contributed by atoms with Crippen LogP contribution in [0.15, 0.2) is 12.1 Å². The van der Waals surface area contributed by atoms with Crippen LogP contribution in [0.5, 0.6) is 5.75 Å². The van der Waals surface area contributed by atoms with E-state index < -0.39 is 0 Å². The van der Waals surface area contributed by atoms with Gasteiger partial charge in [-0.05, 0) is 49.9 Å². The molecular formula is C15H22N2O2. The molecule has 1 amide bonds. The van der Waals surface area contributed by atoms with E-state index in [1.54, 1.807) is 7.11 Å². The standard InChI is InChI=1S/C15H22N2O2/c1-10-8-13(19-3)11(2)7-12(10)17-14(18)15(9-16)5-4-6-15/h7-8H,4-6,9,16H2,1-3H3,(H,17,18). The Hall–Kier alpha value is -1.55. The molecule has 1 saturated carbocycles. The van der Waals surface area contributed by atoms with E-state index in [-0.39, 0.29) is 11.3 Å².